The summed E-state index contributed by atoms with van der Waals surface area (Å²) in [5.74, 6) is -5.57. The van der Waals surface area contributed by atoms with Crippen LogP contribution in [-0.2, 0) is 27.4 Å². The lowest BCUT2D eigenvalue weighted by Crippen LogP contribution is -2.44. The number of aliphatic carboxylic acids is 1. The number of carbonyl (C=O) groups is 5. The first-order valence-corrected chi connectivity index (χ1v) is 9.12. The van der Waals surface area contributed by atoms with Crippen molar-refractivity contribution in [3.05, 3.63) is 51.4 Å². The Hall–Kier alpha value is -3.57. The SMILES string of the molecule is O=C(O)C(=O)Nc1sc2c(c1C(=O)O)C[C@H](N1C(=O)c3ccccc3C1=O)OC2. The minimum atomic E-state index is -1.76. The average Bonchev–Trinajstić information content (AvgIpc) is 3.16. The molecule has 3 N–H and O–H groups in total. The molecule has 3 heterocycles. The van der Waals surface area contributed by atoms with Crippen LogP contribution in [0.2, 0.25) is 0 Å². The van der Waals surface area contributed by atoms with Crippen molar-refractivity contribution >= 4 is 46.0 Å². The Labute approximate surface area is 166 Å². The summed E-state index contributed by atoms with van der Waals surface area (Å²) in [6.07, 6.45) is -1.12. The van der Waals surface area contributed by atoms with Crippen molar-refractivity contribution in [1.82, 2.24) is 4.90 Å². The summed E-state index contributed by atoms with van der Waals surface area (Å²) in [6, 6.07) is 6.31. The third-order valence-corrected chi connectivity index (χ3v) is 5.75. The molecular weight excluding hydrogens is 404 g/mol. The number of hydrogen-bond acceptors (Lipinski definition) is 7. The first kappa shape index (κ1) is 18.8. The number of thiophene rings is 1. The van der Waals surface area contributed by atoms with Gasteiger partial charge in [0.05, 0.1) is 23.3 Å². The van der Waals surface area contributed by atoms with Crippen molar-refractivity contribution in [1.29, 1.82) is 0 Å². The Balaban J connectivity index is 1.67. The fraction of sp³-hybridized carbons (Fsp3) is 0.167. The minimum absolute atomic E-state index is 0.0954. The van der Waals surface area contributed by atoms with Crippen LogP contribution in [0.3, 0.4) is 0 Å². The number of imide groups is 1. The lowest BCUT2D eigenvalue weighted by molar-refractivity contribution is -0.147. The van der Waals surface area contributed by atoms with Gasteiger partial charge in [-0.2, -0.15) is 0 Å². The van der Waals surface area contributed by atoms with Crippen molar-refractivity contribution in [2.75, 3.05) is 5.32 Å². The Bertz CT molecular complexity index is 1070. The smallest absolute Gasteiger partial charge is 0.394 e. The standard InChI is InChI=1S/C18H12N2O8S/c21-13(18(26)27)19-14-12(17(24)25)9-5-11(28-6-10(9)29-14)20-15(22)7-3-1-2-4-8(7)16(20)23/h1-4,11H,5-6H2,(H,19,21)(H,24,25)(H,26,27)/t11-/m1/s1. The van der Waals surface area contributed by atoms with Crippen LogP contribution in [0.15, 0.2) is 24.3 Å². The summed E-state index contributed by atoms with van der Waals surface area (Å²) in [6.45, 7) is -0.0959. The maximum atomic E-state index is 12.7. The number of ether oxygens (including phenoxy) is 1. The van der Waals surface area contributed by atoms with E-state index in [-0.39, 0.29) is 40.3 Å². The molecule has 148 valence electrons. The Morgan fingerprint density at radius 3 is 2.28 bits per heavy atom. The van der Waals surface area contributed by atoms with Gasteiger partial charge in [-0.15, -0.1) is 11.3 Å². The summed E-state index contributed by atoms with van der Waals surface area (Å²) >= 11 is 0.880. The molecule has 0 unspecified atom stereocenters. The molecule has 0 radical (unpaired) electrons. The fourth-order valence-electron chi connectivity index (χ4n) is 3.36. The second-order valence-corrected chi connectivity index (χ2v) is 7.37. The van der Waals surface area contributed by atoms with Crippen LogP contribution in [0.5, 0.6) is 0 Å². The second kappa shape index (κ2) is 6.79. The van der Waals surface area contributed by atoms with E-state index >= 15 is 0 Å². The number of fused-ring (bicyclic) bond motifs is 2. The lowest BCUT2D eigenvalue weighted by atomic mass is 10.0. The van der Waals surface area contributed by atoms with Crippen LogP contribution in [-0.4, -0.2) is 51.0 Å². The molecule has 1 atom stereocenters. The predicted molar refractivity (Wildman–Crippen MR) is 96.8 cm³/mol. The van der Waals surface area contributed by atoms with E-state index in [1.54, 1.807) is 12.1 Å². The largest absolute Gasteiger partial charge is 0.478 e. The average molecular weight is 416 g/mol. The number of aromatic carboxylic acids is 1. The number of carboxylic acid groups (broad SMARTS) is 2. The van der Waals surface area contributed by atoms with Crippen LogP contribution >= 0.6 is 11.3 Å². The number of nitrogens with zero attached hydrogens (tertiary/aromatic N) is 1. The molecule has 3 amide bonds. The van der Waals surface area contributed by atoms with Gasteiger partial charge in [-0.3, -0.25) is 14.4 Å². The molecule has 2 aromatic rings. The number of carboxylic acids is 2. The zero-order valence-corrected chi connectivity index (χ0v) is 15.3. The minimum Gasteiger partial charge on any atom is -0.478 e. The molecule has 0 saturated carbocycles. The quantitative estimate of drug-likeness (QED) is 0.498. The highest BCUT2D eigenvalue weighted by atomic mass is 32.1. The van der Waals surface area contributed by atoms with E-state index in [9.17, 15) is 29.1 Å². The predicted octanol–water partition coefficient (Wildman–Crippen LogP) is 1.16. The molecule has 2 aliphatic rings. The zero-order valence-electron chi connectivity index (χ0n) is 14.5. The summed E-state index contributed by atoms with van der Waals surface area (Å²) in [4.78, 5) is 60.7. The van der Waals surface area contributed by atoms with Gasteiger partial charge in [0.25, 0.3) is 11.8 Å². The van der Waals surface area contributed by atoms with Gasteiger partial charge in [0.1, 0.15) is 11.2 Å². The molecular formula is C18H12N2O8S. The van der Waals surface area contributed by atoms with Crippen molar-refractivity contribution in [3.8, 4) is 0 Å². The van der Waals surface area contributed by atoms with E-state index in [2.05, 4.69) is 5.32 Å². The highest BCUT2D eigenvalue weighted by Crippen LogP contribution is 2.39. The van der Waals surface area contributed by atoms with Gasteiger partial charge in [0.15, 0.2) is 0 Å². The maximum Gasteiger partial charge on any atom is 0.394 e. The third kappa shape index (κ3) is 2.96. The van der Waals surface area contributed by atoms with Gasteiger partial charge in [0, 0.05) is 11.3 Å². The summed E-state index contributed by atoms with van der Waals surface area (Å²) in [5.41, 5.74) is 0.496. The van der Waals surface area contributed by atoms with E-state index in [1.165, 1.54) is 12.1 Å². The highest BCUT2D eigenvalue weighted by molar-refractivity contribution is 7.17. The lowest BCUT2D eigenvalue weighted by Gasteiger charge is -2.29. The number of anilines is 1. The van der Waals surface area contributed by atoms with Crippen LogP contribution in [0, 0.1) is 0 Å². The van der Waals surface area contributed by atoms with Gasteiger partial charge in [-0.1, -0.05) is 12.1 Å². The molecule has 0 fully saturated rings. The van der Waals surface area contributed by atoms with Crippen molar-refractivity contribution < 1.29 is 38.9 Å². The van der Waals surface area contributed by atoms with Crippen molar-refractivity contribution in [3.63, 3.8) is 0 Å². The number of nitrogens with one attached hydrogen (secondary N) is 1. The Morgan fingerprint density at radius 1 is 1.10 bits per heavy atom. The van der Waals surface area contributed by atoms with Gasteiger partial charge >= 0.3 is 17.8 Å². The molecule has 10 nitrogen and oxygen atoms in total. The zero-order chi connectivity index (χ0) is 20.9. The van der Waals surface area contributed by atoms with E-state index in [0.29, 0.717) is 4.88 Å². The van der Waals surface area contributed by atoms with Crippen molar-refractivity contribution in [2.24, 2.45) is 0 Å². The molecule has 0 saturated heterocycles. The number of carbonyl (C=O) groups excluding carboxylic acids is 3. The first-order valence-electron chi connectivity index (χ1n) is 8.30. The third-order valence-electron chi connectivity index (χ3n) is 4.62. The van der Waals surface area contributed by atoms with Gasteiger partial charge in [-0.05, 0) is 17.7 Å². The number of benzene rings is 1. The molecule has 2 aliphatic heterocycles. The van der Waals surface area contributed by atoms with Crippen molar-refractivity contribution in [2.45, 2.75) is 19.3 Å². The molecule has 29 heavy (non-hydrogen) atoms. The number of amides is 3. The molecule has 0 bridgehead atoms. The van der Waals surface area contributed by atoms with Crippen LogP contribution < -0.4 is 5.32 Å². The van der Waals surface area contributed by atoms with Crippen LogP contribution in [0.4, 0.5) is 5.00 Å². The molecule has 0 aliphatic carbocycles. The summed E-state index contributed by atoms with van der Waals surface area (Å²) in [5, 5.41) is 20.2. The molecule has 1 aromatic carbocycles. The van der Waals surface area contributed by atoms with E-state index in [0.717, 1.165) is 16.2 Å². The normalized spacial score (nSPS) is 17.7. The molecule has 11 heteroatoms. The topological polar surface area (TPSA) is 150 Å². The Morgan fingerprint density at radius 2 is 1.72 bits per heavy atom. The summed E-state index contributed by atoms with van der Waals surface area (Å²) in [7, 11) is 0. The van der Waals surface area contributed by atoms with E-state index in [4.69, 9.17) is 9.84 Å². The summed E-state index contributed by atoms with van der Waals surface area (Å²) < 4.78 is 5.63. The van der Waals surface area contributed by atoms with Gasteiger partial charge < -0.3 is 20.3 Å². The van der Waals surface area contributed by atoms with E-state index < -0.39 is 35.9 Å². The monoisotopic (exact) mass is 416 g/mol. The second-order valence-electron chi connectivity index (χ2n) is 6.27. The van der Waals surface area contributed by atoms with Gasteiger partial charge in [-0.25, -0.2) is 14.5 Å². The van der Waals surface area contributed by atoms with E-state index in [1.807, 2.05) is 0 Å². The van der Waals surface area contributed by atoms with Gasteiger partial charge in [0.2, 0.25) is 0 Å². The van der Waals surface area contributed by atoms with Crippen LogP contribution in [0.25, 0.3) is 0 Å². The molecule has 1 aromatic heterocycles. The van der Waals surface area contributed by atoms with Crippen LogP contribution in [0.1, 0.15) is 41.5 Å². The molecule has 0 spiro atoms. The number of rotatable bonds is 3. The maximum absolute atomic E-state index is 12.7. The highest BCUT2D eigenvalue weighted by Gasteiger charge is 2.43. The first-order chi connectivity index (χ1) is 13.8. The Kier molecular flexibility index (Phi) is 4.40. The molecule has 4 rings (SSSR count). The number of hydrogen-bond donors (Lipinski definition) is 3. The fourth-order valence-corrected chi connectivity index (χ4v) is 4.49.